The third kappa shape index (κ3) is 1.45. The summed E-state index contributed by atoms with van der Waals surface area (Å²) in [5.74, 6) is 0.725. The van der Waals surface area contributed by atoms with E-state index in [1.807, 2.05) is 23.2 Å². The van der Waals surface area contributed by atoms with E-state index in [4.69, 9.17) is 5.73 Å². The van der Waals surface area contributed by atoms with E-state index >= 15 is 0 Å². The van der Waals surface area contributed by atoms with Gasteiger partial charge in [-0.25, -0.2) is 0 Å². The van der Waals surface area contributed by atoms with Crippen LogP contribution in [-0.4, -0.2) is 6.54 Å². The van der Waals surface area contributed by atoms with Crippen LogP contribution >= 0.6 is 0 Å². The summed E-state index contributed by atoms with van der Waals surface area (Å²) >= 11 is 0. The van der Waals surface area contributed by atoms with Crippen molar-refractivity contribution in [2.24, 2.45) is 5.73 Å². The fourth-order valence-corrected chi connectivity index (χ4v) is 1.46. The van der Waals surface area contributed by atoms with E-state index in [0.29, 0.717) is 0 Å². The standard InChI is InChI=1S/C10H13N3/c1-8-4-2-3-5-9(8)13-7-6-10(11)12-13/h2-6,12H,7,11H2,1H3. The average molecular weight is 175 g/mol. The van der Waals surface area contributed by atoms with Gasteiger partial charge in [-0.15, -0.1) is 0 Å². The lowest BCUT2D eigenvalue weighted by Crippen LogP contribution is -2.34. The molecule has 13 heavy (non-hydrogen) atoms. The minimum Gasteiger partial charge on any atom is -0.384 e. The molecule has 3 nitrogen and oxygen atoms in total. The first-order chi connectivity index (χ1) is 6.27. The molecule has 0 saturated carbocycles. The maximum Gasteiger partial charge on any atom is 0.113 e. The fourth-order valence-electron chi connectivity index (χ4n) is 1.46. The van der Waals surface area contributed by atoms with Crippen molar-refractivity contribution in [3.8, 4) is 0 Å². The molecule has 0 aromatic heterocycles. The Morgan fingerprint density at radius 2 is 2.15 bits per heavy atom. The van der Waals surface area contributed by atoms with Crippen molar-refractivity contribution in [2.45, 2.75) is 6.92 Å². The van der Waals surface area contributed by atoms with E-state index in [0.717, 1.165) is 12.4 Å². The van der Waals surface area contributed by atoms with Crippen LogP contribution < -0.4 is 16.2 Å². The average Bonchev–Trinajstić information content (AvgIpc) is 2.53. The lowest BCUT2D eigenvalue weighted by molar-refractivity contribution is 0.794. The lowest BCUT2D eigenvalue weighted by Gasteiger charge is -2.21. The zero-order valence-corrected chi connectivity index (χ0v) is 7.62. The van der Waals surface area contributed by atoms with Gasteiger partial charge in [-0.1, -0.05) is 18.2 Å². The Bertz CT molecular complexity index is 344. The summed E-state index contributed by atoms with van der Waals surface area (Å²) in [4.78, 5) is 0. The number of hydrazine groups is 1. The van der Waals surface area contributed by atoms with Crippen LogP contribution in [0.25, 0.3) is 0 Å². The van der Waals surface area contributed by atoms with E-state index in [9.17, 15) is 0 Å². The van der Waals surface area contributed by atoms with Crippen molar-refractivity contribution < 1.29 is 0 Å². The SMILES string of the molecule is Cc1ccccc1N1CC=C(N)N1. The number of rotatable bonds is 1. The first-order valence-corrected chi connectivity index (χ1v) is 4.33. The van der Waals surface area contributed by atoms with Gasteiger partial charge in [0.1, 0.15) is 5.82 Å². The number of nitrogens with zero attached hydrogens (tertiary/aromatic N) is 1. The van der Waals surface area contributed by atoms with E-state index in [1.165, 1.54) is 11.3 Å². The van der Waals surface area contributed by atoms with Crippen LogP contribution in [0.1, 0.15) is 5.56 Å². The largest absolute Gasteiger partial charge is 0.384 e. The Morgan fingerprint density at radius 3 is 2.77 bits per heavy atom. The molecule has 0 fully saturated rings. The molecular formula is C10H13N3. The van der Waals surface area contributed by atoms with Gasteiger partial charge in [0.15, 0.2) is 0 Å². The minimum absolute atomic E-state index is 0.725. The molecule has 0 unspecified atom stereocenters. The fraction of sp³-hybridized carbons (Fsp3) is 0.200. The Balaban J connectivity index is 2.23. The van der Waals surface area contributed by atoms with Gasteiger partial charge in [0.2, 0.25) is 0 Å². The predicted octanol–water partition coefficient (Wildman–Crippen LogP) is 1.12. The van der Waals surface area contributed by atoms with Crippen LogP contribution in [0.15, 0.2) is 36.2 Å². The highest BCUT2D eigenvalue weighted by molar-refractivity contribution is 5.54. The van der Waals surface area contributed by atoms with Gasteiger partial charge in [-0.3, -0.25) is 10.4 Å². The molecule has 1 aromatic carbocycles. The Hall–Kier alpha value is -1.64. The molecule has 0 spiro atoms. The van der Waals surface area contributed by atoms with Gasteiger partial charge in [-0.05, 0) is 24.6 Å². The highest BCUT2D eigenvalue weighted by atomic mass is 15.5. The van der Waals surface area contributed by atoms with Gasteiger partial charge in [0.05, 0.1) is 12.2 Å². The highest BCUT2D eigenvalue weighted by Gasteiger charge is 2.12. The minimum atomic E-state index is 0.725. The molecule has 0 radical (unpaired) electrons. The van der Waals surface area contributed by atoms with Gasteiger partial charge in [-0.2, -0.15) is 0 Å². The monoisotopic (exact) mass is 175 g/mol. The normalized spacial score (nSPS) is 15.5. The number of aryl methyl sites for hydroxylation is 1. The quantitative estimate of drug-likeness (QED) is 0.672. The summed E-state index contributed by atoms with van der Waals surface area (Å²) in [7, 11) is 0. The molecule has 1 aliphatic heterocycles. The van der Waals surface area contributed by atoms with Crippen LogP contribution in [0.4, 0.5) is 5.69 Å². The zero-order valence-electron chi connectivity index (χ0n) is 7.62. The van der Waals surface area contributed by atoms with Crippen LogP contribution in [0.5, 0.6) is 0 Å². The van der Waals surface area contributed by atoms with Crippen LogP contribution in [0.3, 0.4) is 0 Å². The number of anilines is 1. The van der Waals surface area contributed by atoms with E-state index in [-0.39, 0.29) is 0 Å². The summed E-state index contributed by atoms with van der Waals surface area (Å²) in [6.07, 6.45) is 1.96. The van der Waals surface area contributed by atoms with Gasteiger partial charge in [0.25, 0.3) is 0 Å². The molecule has 1 aromatic rings. The van der Waals surface area contributed by atoms with E-state index < -0.39 is 0 Å². The molecule has 0 bridgehead atoms. The summed E-state index contributed by atoms with van der Waals surface area (Å²) in [6, 6.07) is 8.23. The number of hydrogen-bond acceptors (Lipinski definition) is 3. The van der Waals surface area contributed by atoms with Gasteiger partial charge < -0.3 is 5.73 Å². The maximum atomic E-state index is 5.62. The van der Waals surface area contributed by atoms with Crippen LogP contribution in [-0.2, 0) is 0 Å². The predicted molar refractivity (Wildman–Crippen MR) is 53.9 cm³/mol. The Kier molecular flexibility index (Phi) is 1.85. The van der Waals surface area contributed by atoms with Crippen molar-refractivity contribution in [1.82, 2.24) is 5.43 Å². The Labute approximate surface area is 77.8 Å². The highest BCUT2D eigenvalue weighted by Crippen LogP contribution is 2.19. The molecule has 0 aliphatic carbocycles. The summed E-state index contributed by atoms with van der Waals surface area (Å²) in [5, 5.41) is 2.03. The lowest BCUT2D eigenvalue weighted by atomic mass is 10.2. The zero-order chi connectivity index (χ0) is 9.26. The maximum absolute atomic E-state index is 5.62. The van der Waals surface area contributed by atoms with Crippen LogP contribution in [0, 0.1) is 6.92 Å². The van der Waals surface area contributed by atoms with Crippen molar-refractivity contribution in [1.29, 1.82) is 0 Å². The first-order valence-electron chi connectivity index (χ1n) is 4.33. The van der Waals surface area contributed by atoms with Crippen molar-refractivity contribution in [2.75, 3.05) is 11.6 Å². The van der Waals surface area contributed by atoms with E-state index in [1.54, 1.807) is 0 Å². The first kappa shape index (κ1) is 7.98. The summed E-state index contributed by atoms with van der Waals surface area (Å²) in [6.45, 7) is 2.92. The second kappa shape index (κ2) is 3.01. The summed E-state index contributed by atoms with van der Waals surface area (Å²) < 4.78 is 0. The molecular weight excluding hydrogens is 162 g/mol. The Morgan fingerprint density at radius 1 is 1.38 bits per heavy atom. The van der Waals surface area contributed by atoms with Gasteiger partial charge >= 0.3 is 0 Å². The van der Waals surface area contributed by atoms with Crippen LogP contribution in [0.2, 0.25) is 0 Å². The number of nitrogens with one attached hydrogen (secondary N) is 1. The molecule has 0 saturated heterocycles. The molecule has 68 valence electrons. The molecule has 3 N–H and O–H groups in total. The second-order valence-electron chi connectivity index (χ2n) is 3.17. The molecule has 0 amide bonds. The summed E-state index contributed by atoms with van der Waals surface area (Å²) in [5.41, 5.74) is 11.1. The number of nitrogens with two attached hydrogens (primary N) is 1. The molecule has 1 heterocycles. The topological polar surface area (TPSA) is 41.3 Å². The second-order valence-corrected chi connectivity index (χ2v) is 3.17. The molecule has 1 aliphatic rings. The molecule has 0 atom stereocenters. The number of hydrogen-bond donors (Lipinski definition) is 2. The van der Waals surface area contributed by atoms with E-state index in [2.05, 4.69) is 24.5 Å². The van der Waals surface area contributed by atoms with Crippen molar-refractivity contribution >= 4 is 5.69 Å². The molecule has 3 heteroatoms. The van der Waals surface area contributed by atoms with Crippen molar-refractivity contribution in [3.63, 3.8) is 0 Å². The van der Waals surface area contributed by atoms with Gasteiger partial charge in [0, 0.05) is 0 Å². The smallest absolute Gasteiger partial charge is 0.113 e. The third-order valence-electron chi connectivity index (χ3n) is 2.16. The van der Waals surface area contributed by atoms with Crippen molar-refractivity contribution in [3.05, 3.63) is 41.7 Å². The number of benzene rings is 1. The molecule has 2 rings (SSSR count). The number of para-hydroxylation sites is 1. The third-order valence-corrected chi connectivity index (χ3v) is 2.16.